The molecular formula is C25H25N3O8S2. The molecule has 1 aliphatic heterocycles. The van der Waals surface area contributed by atoms with Crippen LogP contribution in [-0.4, -0.2) is 52.4 Å². The van der Waals surface area contributed by atoms with E-state index in [-0.39, 0.29) is 40.7 Å². The van der Waals surface area contributed by atoms with Crippen LogP contribution in [0.25, 0.3) is 5.76 Å². The van der Waals surface area contributed by atoms with Gasteiger partial charge in [0.05, 0.1) is 24.0 Å². The average molecular weight is 560 g/mol. The molecule has 13 heteroatoms. The number of amidine groups is 1. The third-order valence-corrected chi connectivity index (χ3v) is 8.00. The first-order valence-electron chi connectivity index (χ1n) is 11.4. The number of carbonyl (C=O) groups excluding carboxylic acids is 2. The predicted octanol–water partition coefficient (Wildman–Crippen LogP) is 2.89. The summed E-state index contributed by atoms with van der Waals surface area (Å²) in [6.45, 7) is 3.49. The van der Waals surface area contributed by atoms with Crippen molar-refractivity contribution in [3.8, 4) is 0 Å². The largest absolute Gasteiger partial charge is 0.506 e. The van der Waals surface area contributed by atoms with E-state index >= 15 is 0 Å². The maximum atomic E-state index is 13.9. The molecule has 0 aromatic heterocycles. The minimum atomic E-state index is -4.40. The van der Waals surface area contributed by atoms with Gasteiger partial charge in [0.1, 0.15) is 16.2 Å². The van der Waals surface area contributed by atoms with Gasteiger partial charge in [0, 0.05) is 17.3 Å². The molecule has 1 atom stereocenters. The number of Topliss-reactive ketones (excluding diaryl/α,β-unsaturated/α-hetero) is 1. The molecule has 1 unspecified atom stereocenters. The van der Waals surface area contributed by atoms with Gasteiger partial charge in [0.25, 0.3) is 10.0 Å². The van der Waals surface area contributed by atoms with E-state index < -0.39 is 43.0 Å². The van der Waals surface area contributed by atoms with Crippen molar-refractivity contribution in [2.75, 3.05) is 22.9 Å². The molecule has 0 saturated heterocycles. The van der Waals surface area contributed by atoms with Gasteiger partial charge in [0.15, 0.2) is 11.6 Å². The Morgan fingerprint density at radius 1 is 1.24 bits per heavy atom. The van der Waals surface area contributed by atoms with Crippen LogP contribution in [0.4, 0.5) is 11.4 Å². The fourth-order valence-corrected chi connectivity index (χ4v) is 6.06. The maximum absolute atomic E-state index is 13.9. The minimum Gasteiger partial charge on any atom is -0.506 e. The van der Waals surface area contributed by atoms with E-state index in [1.165, 1.54) is 24.3 Å². The van der Waals surface area contributed by atoms with Crippen LogP contribution in [0.1, 0.15) is 31.4 Å². The normalized spacial score (nSPS) is 20.3. The fourth-order valence-electron chi connectivity index (χ4n) is 4.36. The Morgan fingerprint density at radius 3 is 2.63 bits per heavy atom. The highest BCUT2D eigenvalue weighted by Gasteiger charge is 2.46. The number of ketones is 1. The number of hydrogen-bond donors (Lipinski definition) is 3. The molecule has 0 radical (unpaired) electrons. The van der Waals surface area contributed by atoms with Crippen LogP contribution in [-0.2, 0) is 39.8 Å². The van der Waals surface area contributed by atoms with Gasteiger partial charge in [-0.05, 0) is 44.0 Å². The molecule has 11 nitrogen and oxygen atoms in total. The molecule has 2 aromatic rings. The zero-order chi connectivity index (χ0) is 27.9. The third kappa shape index (κ3) is 5.07. The number of esters is 1. The summed E-state index contributed by atoms with van der Waals surface area (Å²) in [4.78, 5) is 25.4. The second kappa shape index (κ2) is 9.72. The van der Waals surface area contributed by atoms with Crippen molar-refractivity contribution in [1.82, 2.24) is 0 Å². The number of sulfonamides is 2. The monoisotopic (exact) mass is 559 g/mol. The van der Waals surface area contributed by atoms with Gasteiger partial charge in [-0.25, -0.2) is 13.2 Å². The lowest BCUT2D eigenvalue weighted by atomic mass is 9.67. The molecule has 38 heavy (non-hydrogen) atoms. The standard InChI is InChI=1S/C25H25N3O8S2/c1-4-36-20(29)10-7-13-25(2)17-9-6-5-8-16(17)22(30)21(23(25)31)24-26-18-12-11-15(27-37(3,32)33)14-19(18)38(34,35)28-24/h5-12,14,27,30H,4,13H2,1-3H3,(H,26,28). The van der Waals surface area contributed by atoms with Crippen LogP contribution >= 0.6 is 0 Å². The number of nitrogens with zero attached hydrogens (tertiary/aromatic N) is 1. The molecule has 3 N–H and O–H groups in total. The third-order valence-electron chi connectivity index (χ3n) is 6.07. The molecule has 4 rings (SSSR count). The van der Waals surface area contributed by atoms with Gasteiger partial charge in [-0.2, -0.15) is 8.42 Å². The molecule has 0 fully saturated rings. The van der Waals surface area contributed by atoms with Gasteiger partial charge in [-0.3, -0.25) is 9.52 Å². The summed E-state index contributed by atoms with van der Waals surface area (Å²) in [7, 11) is -8.06. The number of aliphatic hydroxyl groups excluding tert-OH is 1. The Labute approximate surface area is 220 Å². The highest BCUT2D eigenvalue weighted by molar-refractivity contribution is 7.92. The Bertz CT molecular complexity index is 1660. The van der Waals surface area contributed by atoms with Crippen LogP contribution in [0.5, 0.6) is 0 Å². The first-order chi connectivity index (χ1) is 17.8. The van der Waals surface area contributed by atoms with Crippen LogP contribution in [0, 0.1) is 0 Å². The number of allylic oxidation sites excluding steroid dienone is 1. The molecule has 200 valence electrons. The summed E-state index contributed by atoms with van der Waals surface area (Å²) in [5, 5.41) is 13.9. The Balaban J connectivity index is 1.79. The van der Waals surface area contributed by atoms with Gasteiger partial charge in [0.2, 0.25) is 10.0 Å². The molecule has 0 amide bonds. The predicted molar refractivity (Wildman–Crippen MR) is 142 cm³/mol. The zero-order valence-electron chi connectivity index (χ0n) is 20.7. The molecule has 2 aliphatic rings. The molecule has 2 aromatic carbocycles. The SMILES string of the molecule is CCOC(=O)C=CCC1(C)C(=O)C(C2=NS(=O)(=O)c3cc(NS(C)(=O)=O)ccc3N2)=C(O)c2ccccc21. The van der Waals surface area contributed by atoms with E-state index in [2.05, 4.69) is 14.4 Å². The summed E-state index contributed by atoms with van der Waals surface area (Å²) in [6, 6.07) is 10.4. The zero-order valence-corrected chi connectivity index (χ0v) is 22.3. The summed E-state index contributed by atoms with van der Waals surface area (Å²) in [5.74, 6) is -2.00. The molecule has 0 spiro atoms. The molecule has 1 aliphatic carbocycles. The Morgan fingerprint density at radius 2 is 1.95 bits per heavy atom. The summed E-state index contributed by atoms with van der Waals surface area (Å²) < 4.78 is 60.2. The van der Waals surface area contributed by atoms with Crippen molar-refractivity contribution >= 4 is 54.8 Å². The van der Waals surface area contributed by atoms with Crippen molar-refractivity contribution in [1.29, 1.82) is 0 Å². The second-order valence-electron chi connectivity index (χ2n) is 8.91. The van der Waals surface area contributed by atoms with Crippen LogP contribution < -0.4 is 10.0 Å². The van der Waals surface area contributed by atoms with Crippen molar-refractivity contribution in [3.63, 3.8) is 0 Å². The number of rotatable bonds is 7. The van der Waals surface area contributed by atoms with Gasteiger partial charge in [-0.1, -0.05) is 30.3 Å². The second-order valence-corrected chi connectivity index (χ2v) is 12.2. The van der Waals surface area contributed by atoms with Gasteiger partial charge >= 0.3 is 5.97 Å². The van der Waals surface area contributed by atoms with Crippen molar-refractivity contribution in [2.45, 2.75) is 30.6 Å². The van der Waals surface area contributed by atoms with Crippen molar-refractivity contribution < 1.29 is 36.3 Å². The van der Waals surface area contributed by atoms with E-state index in [1.807, 2.05) is 0 Å². The lowest BCUT2D eigenvalue weighted by Gasteiger charge is -2.35. The van der Waals surface area contributed by atoms with E-state index in [9.17, 15) is 31.5 Å². The molecule has 1 heterocycles. The number of aliphatic hydroxyl groups is 1. The van der Waals surface area contributed by atoms with Crippen LogP contribution in [0.3, 0.4) is 0 Å². The smallest absolute Gasteiger partial charge is 0.330 e. The number of anilines is 2. The highest BCUT2D eigenvalue weighted by Crippen LogP contribution is 2.43. The topological polar surface area (TPSA) is 168 Å². The summed E-state index contributed by atoms with van der Waals surface area (Å²) >= 11 is 0. The number of hydrogen-bond acceptors (Lipinski definition) is 9. The van der Waals surface area contributed by atoms with Crippen molar-refractivity contribution in [2.24, 2.45) is 4.40 Å². The van der Waals surface area contributed by atoms with Crippen LogP contribution in [0.15, 0.2) is 69.5 Å². The Hall–Kier alpha value is -3.97. The quantitative estimate of drug-likeness (QED) is 0.341. The average Bonchev–Trinajstić information content (AvgIpc) is 2.82. The van der Waals surface area contributed by atoms with Crippen molar-refractivity contribution in [3.05, 3.63) is 71.3 Å². The number of nitrogens with one attached hydrogen (secondary N) is 2. The van der Waals surface area contributed by atoms with E-state index in [4.69, 9.17) is 4.74 Å². The number of benzene rings is 2. The maximum Gasteiger partial charge on any atom is 0.330 e. The van der Waals surface area contributed by atoms with E-state index in [0.717, 1.165) is 12.3 Å². The van der Waals surface area contributed by atoms with E-state index in [0.29, 0.717) is 11.1 Å². The van der Waals surface area contributed by atoms with Gasteiger partial charge in [-0.15, -0.1) is 4.40 Å². The fraction of sp³-hybridized carbons (Fsp3) is 0.240. The lowest BCUT2D eigenvalue weighted by molar-refractivity contribution is -0.137. The molecule has 0 bridgehead atoms. The van der Waals surface area contributed by atoms with E-state index in [1.54, 1.807) is 38.1 Å². The first kappa shape index (κ1) is 27.1. The molecular weight excluding hydrogens is 534 g/mol. The lowest BCUT2D eigenvalue weighted by Crippen LogP contribution is -2.42. The number of fused-ring (bicyclic) bond motifs is 2. The number of ether oxygens (including phenoxy) is 1. The summed E-state index contributed by atoms with van der Waals surface area (Å²) in [6.07, 6.45) is 3.68. The number of carbonyl (C=O) groups is 2. The van der Waals surface area contributed by atoms with Crippen LogP contribution in [0.2, 0.25) is 0 Å². The van der Waals surface area contributed by atoms with Gasteiger partial charge < -0.3 is 15.2 Å². The first-order valence-corrected chi connectivity index (χ1v) is 14.8. The molecule has 0 saturated carbocycles. The summed E-state index contributed by atoms with van der Waals surface area (Å²) in [5.41, 5.74) is -0.738. The highest BCUT2D eigenvalue weighted by atomic mass is 32.2. The Kier molecular flexibility index (Phi) is 6.93. The minimum absolute atomic E-state index is 0.0148.